The quantitative estimate of drug-likeness (QED) is 0.790. The third-order valence-corrected chi connectivity index (χ3v) is 6.44. The molecular formula is C19H25N3O3S. The smallest absolute Gasteiger partial charge is 0.309 e. The molecule has 2 heterocycles. The lowest BCUT2D eigenvalue weighted by atomic mass is 9.81. The highest BCUT2D eigenvalue weighted by atomic mass is 32.1. The van der Waals surface area contributed by atoms with Gasteiger partial charge in [0.2, 0.25) is 0 Å². The Bertz CT molecular complexity index is 804. The molecule has 1 amide bonds. The van der Waals surface area contributed by atoms with Gasteiger partial charge in [-0.25, -0.2) is 0 Å². The van der Waals surface area contributed by atoms with Gasteiger partial charge in [0, 0.05) is 16.0 Å². The van der Waals surface area contributed by atoms with Crippen molar-refractivity contribution in [3.8, 4) is 6.07 Å². The van der Waals surface area contributed by atoms with Crippen molar-refractivity contribution in [3.05, 3.63) is 16.0 Å². The number of nitriles is 1. The topological polar surface area (TPSA) is 91.2 Å². The van der Waals surface area contributed by atoms with Crippen LogP contribution >= 0.6 is 11.3 Å². The minimum atomic E-state index is -0.410. The van der Waals surface area contributed by atoms with Crippen LogP contribution in [0, 0.1) is 23.2 Å². The largest absolute Gasteiger partial charge is 0.455 e. The Morgan fingerprint density at radius 3 is 2.62 bits per heavy atom. The first kappa shape index (κ1) is 18.9. The van der Waals surface area contributed by atoms with Crippen LogP contribution in [0.15, 0.2) is 0 Å². The number of anilines is 1. The van der Waals surface area contributed by atoms with Crippen LogP contribution in [0.5, 0.6) is 0 Å². The van der Waals surface area contributed by atoms with Crippen molar-refractivity contribution in [1.29, 1.82) is 5.26 Å². The van der Waals surface area contributed by atoms with Crippen LogP contribution in [0.1, 0.15) is 57.0 Å². The summed E-state index contributed by atoms with van der Waals surface area (Å²) in [7, 11) is 0. The second kappa shape index (κ2) is 6.36. The Morgan fingerprint density at radius 2 is 2.04 bits per heavy atom. The summed E-state index contributed by atoms with van der Waals surface area (Å²) in [5.41, 5.74) is 1.08. The number of thiophene rings is 1. The first-order valence-corrected chi connectivity index (χ1v) is 9.68. The molecule has 2 atom stereocenters. The van der Waals surface area contributed by atoms with Crippen molar-refractivity contribution in [2.24, 2.45) is 11.8 Å². The van der Waals surface area contributed by atoms with Crippen molar-refractivity contribution in [3.63, 3.8) is 0 Å². The van der Waals surface area contributed by atoms with E-state index in [0.29, 0.717) is 16.5 Å². The molecule has 2 N–H and O–H groups in total. The molecule has 26 heavy (non-hydrogen) atoms. The molecule has 1 aliphatic carbocycles. The zero-order valence-electron chi connectivity index (χ0n) is 15.9. The average molecular weight is 375 g/mol. The van der Waals surface area contributed by atoms with Crippen LogP contribution in [0.4, 0.5) is 5.00 Å². The molecule has 0 spiro atoms. The third-order valence-electron chi connectivity index (χ3n) is 4.97. The zero-order valence-corrected chi connectivity index (χ0v) is 16.7. The minimum absolute atomic E-state index is 0.0689. The van der Waals surface area contributed by atoms with Crippen LogP contribution in [0.3, 0.4) is 0 Å². The summed E-state index contributed by atoms with van der Waals surface area (Å²) in [4.78, 5) is 25.0. The van der Waals surface area contributed by atoms with E-state index in [4.69, 9.17) is 4.74 Å². The van der Waals surface area contributed by atoms with E-state index in [1.165, 1.54) is 11.3 Å². The standard InChI is InChI=1S/C19H25N3O3S/c1-10-6-11(10)17(24)25-9-14(23)21-16-13(8-20)12-7-18(2,3)22-19(4,5)15(12)26-16/h10-11,22H,6-7,9H2,1-5H3,(H,21,23)/t10-,11+/m1/s1. The van der Waals surface area contributed by atoms with Crippen molar-refractivity contribution in [1.82, 2.24) is 5.32 Å². The number of rotatable bonds is 4. The molecule has 1 fully saturated rings. The van der Waals surface area contributed by atoms with Crippen LogP contribution < -0.4 is 10.6 Å². The second-order valence-electron chi connectivity index (χ2n) is 8.51. The van der Waals surface area contributed by atoms with E-state index in [1.54, 1.807) is 0 Å². The first-order valence-electron chi connectivity index (χ1n) is 8.86. The van der Waals surface area contributed by atoms with Crippen LogP contribution in [0.2, 0.25) is 0 Å². The van der Waals surface area contributed by atoms with Gasteiger partial charge in [-0.1, -0.05) is 6.92 Å². The predicted octanol–water partition coefficient (Wildman–Crippen LogP) is 2.92. The number of nitrogens with one attached hydrogen (secondary N) is 2. The van der Waals surface area contributed by atoms with Gasteiger partial charge in [0.05, 0.1) is 11.5 Å². The van der Waals surface area contributed by atoms with Gasteiger partial charge in [-0.3, -0.25) is 9.59 Å². The van der Waals surface area contributed by atoms with Crippen LogP contribution in [-0.2, 0) is 26.3 Å². The van der Waals surface area contributed by atoms with Crippen molar-refractivity contribution in [2.45, 2.75) is 58.5 Å². The summed E-state index contributed by atoms with van der Waals surface area (Å²) in [6, 6.07) is 2.24. The molecule has 0 bridgehead atoms. The zero-order chi connectivity index (χ0) is 19.3. The second-order valence-corrected chi connectivity index (χ2v) is 9.53. The van der Waals surface area contributed by atoms with E-state index in [-0.39, 0.29) is 29.6 Å². The van der Waals surface area contributed by atoms with Gasteiger partial charge >= 0.3 is 5.97 Å². The van der Waals surface area contributed by atoms with Gasteiger partial charge < -0.3 is 15.4 Å². The molecule has 0 saturated heterocycles. The molecule has 2 aliphatic rings. The maximum Gasteiger partial charge on any atom is 0.309 e. The highest BCUT2D eigenvalue weighted by Gasteiger charge is 2.41. The van der Waals surface area contributed by atoms with E-state index < -0.39 is 5.91 Å². The number of fused-ring (bicyclic) bond motifs is 1. The molecule has 6 nitrogen and oxygen atoms in total. The maximum atomic E-state index is 12.2. The maximum absolute atomic E-state index is 12.2. The van der Waals surface area contributed by atoms with Gasteiger partial charge in [0.25, 0.3) is 5.91 Å². The van der Waals surface area contributed by atoms with Gasteiger partial charge in [-0.15, -0.1) is 11.3 Å². The molecule has 1 aliphatic heterocycles. The normalized spacial score (nSPS) is 24.9. The molecule has 1 saturated carbocycles. The number of hydrogen-bond donors (Lipinski definition) is 2. The number of esters is 1. The van der Waals surface area contributed by atoms with Crippen molar-refractivity contribution >= 4 is 28.2 Å². The molecule has 7 heteroatoms. The van der Waals surface area contributed by atoms with Crippen molar-refractivity contribution < 1.29 is 14.3 Å². The summed E-state index contributed by atoms with van der Waals surface area (Å²) < 4.78 is 5.08. The number of ether oxygens (including phenoxy) is 1. The summed E-state index contributed by atoms with van der Waals surface area (Å²) in [5, 5.41) is 16.5. The van der Waals surface area contributed by atoms with Gasteiger partial charge in [-0.05, 0) is 52.0 Å². The fourth-order valence-corrected chi connectivity index (χ4v) is 5.03. The lowest BCUT2D eigenvalue weighted by Crippen LogP contribution is -2.54. The van der Waals surface area contributed by atoms with E-state index in [0.717, 1.165) is 23.3 Å². The fourth-order valence-electron chi connectivity index (χ4n) is 3.79. The minimum Gasteiger partial charge on any atom is -0.455 e. The predicted molar refractivity (Wildman–Crippen MR) is 99.8 cm³/mol. The number of carbonyl (C=O) groups excluding carboxylic acids is 2. The highest BCUT2D eigenvalue weighted by Crippen LogP contribution is 2.44. The Labute approximate surface area is 157 Å². The molecule has 0 unspecified atom stereocenters. The summed E-state index contributed by atoms with van der Waals surface area (Å²) in [5.74, 6) is -0.448. The molecule has 140 valence electrons. The highest BCUT2D eigenvalue weighted by molar-refractivity contribution is 7.17. The van der Waals surface area contributed by atoms with E-state index >= 15 is 0 Å². The number of carbonyl (C=O) groups is 2. The Morgan fingerprint density at radius 1 is 1.38 bits per heavy atom. The summed E-state index contributed by atoms with van der Waals surface area (Å²) >= 11 is 1.42. The third kappa shape index (κ3) is 3.62. The van der Waals surface area contributed by atoms with Gasteiger partial charge in [-0.2, -0.15) is 5.26 Å². The number of amides is 1. The van der Waals surface area contributed by atoms with E-state index in [1.807, 2.05) is 6.92 Å². The van der Waals surface area contributed by atoms with Crippen LogP contribution in [0.25, 0.3) is 0 Å². The Balaban J connectivity index is 1.75. The molecule has 3 rings (SSSR count). The monoisotopic (exact) mass is 375 g/mol. The number of hydrogen-bond acceptors (Lipinski definition) is 6. The Hall–Kier alpha value is -1.91. The molecule has 1 aromatic heterocycles. The van der Waals surface area contributed by atoms with Gasteiger partial charge in [0.15, 0.2) is 6.61 Å². The lowest BCUT2D eigenvalue weighted by Gasteiger charge is -2.42. The molecule has 0 aromatic carbocycles. The van der Waals surface area contributed by atoms with Gasteiger partial charge in [0.1, 0.15) is 11.1 Å². The molecule has 0 radical (unpaired) electrons. The molecular weight excluding hydrogens is 350 g/mol. The first-order chi connectivity index (χ1) is 12.0. The Kier molecular flexibility index (Phi) is 4.62. The fraction of sp³-hybridized carbons (Fsp3) is 0.632. The number of nitrogens with zero attached hydrogens (tertiary/aromatic N) is 1. The molecule has 1 aromatic rings. The van der Waals surface area contributed by atoms with Crippen molar-refractivity contribution in [2.75, 3.05) is 11.9 Å². The summed E-state index contributed by atoms with van der Waals surface area (Å²) in [6.07, 6.45) is 1.55. The lowest BCUT2D eigenvalue weighted by molar-refractivity contribution is -0.148. The van der Waals surface area contributed by atoms with E-state index in [9.17, 15) is 14.9 Å². The average Bonchev–Trinajstić information content (AvgIpc) is 3.14. The van der Waals surface area contributed by atoms with Crippen LogP contribution in [-0.4, -0.2) is 24.0 Å². The summed E-state index contributed by atoms with van der Waals surface area (Å²) in [6.45, 7) is 10.0. The SMILES string of the molecule is C[C@@H]1C[C@@H]1C(=O)OCC(=O)Nc1sc2c(c1C#N)CC(C)(C)NC2(C)C. The van der Waals surface area contributed by atoms with E-state index in [2.05, 4.69) is 44.4 Å².